The van der Waals surface area contributed by atoms with Gasteiger partial charge in [-0.2, -0.15) is 4.68 Å². The number of hydrogen-bond donors (Lipinski definition) is 1. The monoisotopic (exact) mass is 337 g/mol. The van der Waals surface area contributed by atoms with Gasteiger partial charge in [-0.3, -0.25) is 4.79 Å². The second-order valence-electron chi connectivity index (χ2n) is 5.46. The van der Waals surface area contributed by atoms with E-state index in [4.69, 9.17) is 0 Å². The SMILES string of the molecule is O=C(Nc1ccccc1-n1cnnn1)[C@H]1SCCc2ccccc21. The Kier molecular flexibility index (Phi) is 4.00. The first-order valence-corrected chi connectivity index (χ1v) is 8.70. The van der Waals surface area contributed by atoms with Crippen LogP contribution in [-0.4, -0.2) is 31.9 Å². The number of tetrazole rings is 1. The van der Waals surface area contributed by atoms with E-state index in [2.05, 4.69) is 26.9 Å². The zero-order chi connectivity index (χ0) is 16.4. The Bertz CT molecular complexity index is 865. The molecule has 1 aliphatic heterocycles. The predicted octanol–water partition coefficient (Wildman–Crippen LogP) is 2.63. The number of para-hydroxylation sites is 2. The lowest BCUT2D eigenvalue weighted by Crippen LogP contribution is -2.23. The molecule has 0 radical (unpaired) electrons. The van der Waals surface area contributed by atoms with Gasteiger partial charge >= 0.3 is 0 Å². The molecule has 1 aliphatic rings. The van der Waals surface area contributed by atoms with Crippen molar-refractivity contribution in [2.75, 3.05) is 11.1 Å². The van der Waals surface area contributed by atoms with Gasteiger partial charge in [0, 0.05) is 0 Å². The number of nitrogens with one attached hydrogen (secondary N) is 1. The van der Waals surface area contributed by atoms with Crippen molar-refractivity contribution in [2.45, 2.75) is 11.7 Å². The van der Waals surface area contributed by atoms with Gasteiger partial charge in [-0.1, -0.05) is 36.4 Å². The highest BCUT2D eigenvalue weighted by molar-refractivity contribution is 8.00. The molecule has 1 atom stereocenters. The third-order valence-electron chi connectivity index (χ3n) is 3.99. The van der Waals surface area contributed by atoms with Gasteiger partial charge in [0.2, 0.25) is 5.91 Å². The first kappa shape index (κ1) is 14.9. The van der Waals surface area contributed by atoms with E-state index in [9.17, 15) is 4.79 Å². The smallest absolute Gasteiger partial charge is 0.242 e. The molecule has 1 amide bonds. The Morgan fingerprint density at radius 3 is 2.88 bits per heavy atom. The molecule has 2 heterocycles. The number of aromatic nitrogens is 4. The maximum atomic E-state index is 12.9. The largest absolute Gasteiger partial charge is 0.323 e. The minimum Gasteiger partial charge on any atom is -0.323 e. The highest BCUT2D eigenvalue weighted by Crippen LogP contribution is 2.37. The maximum Gasteiger partial charge on any atom is 0.242 e. The number of rotatable bonds is 3. The second kappa shape index (κ2) is 6.45. The van der Waals surface area contributed by atoms with E-state index >= 15 is 0 Å². The molecule has 120 valence electrons. The summed E-state index contributed by atoms with van der Waals surface area (Å²) in [6.45, 7) is 0. The van der Waals surface area contributed by atoms with Crippen LogP contribution in [0.1, 0.15) is 16.4 Å². The minimum atomic E-state index is -0.197. The quantitative estimate of drug-likeness (QED) is 0.795. The van der Waals surface area contributed by atoms with Crippen LogP contribution in [0.2, 0.25) is 0 Å². The number of amides is 1. The summed E-state index contributed by atoms with van der Waals surface area (Å²) in [5.41, 5.74) is 3.79. The molecule has 3 aromatic rings. The molecule has 0 unspecified atom stereocenters. The zero-order valence-corrected chi connectivity index (χ0v) is 13.6. The number of anilines is 1. The first-order chi connectivity index (χ1) is 11.8. The zero-order valence-electron chi connectivity index (χ0n) is 12.8. The van der Waals surface area contributed by atoms with Gasteiger partial charge in [-0.05, 0) is 45.9 Å². The Labute approximate surface area is 143 Å². The lowest BCUT2D eigenvalue weighted by atomic mass is 10.0. The molecule has 0 aliphatic carbocycles. The van der Waals surface area contributed by atoms with Crippen LogP contribution in [0, 0.1) is 0 Å². The number of benzene rings is 2. The molecule has 2 aromatic carbocycles. The van der Waals surface area contributed by atoms with Crippen molar-refractivity contribution in [1.29, 1.82) is 0 Å². The number of aryl methyl sites for hydroxylation is 1. The Hall–Kier alpha value is -2.67. The molecule has 0 saturated heterocycles. The topological polar surface area (TPSA) is 72.7 Å². The molecule has 24 heavy (non-hydrogen) atoms. The van der Waals surface area contributed by atoms with E-state index in [1.165, 1.54) is 16.6 Å². The fourth-order valence-electron chi connectivity index (χ4n) is 2.86. The lowest BCUT2D eigenvalue weighted by molar-refractivity contribution is -0.115. The third kappa shape index (κ3) is 2.78. The van der Waals surface area contributed by atoms with E-state index < -0.39 is 0 Å². The average molecular weight is 337 g/mol. The number of carbonyl (C=O) groups is 1. The van der Waals surface area contributed by atoms with E-state index in [1.54, 1.807) is 11.8 Å². The molecule has 7 heteroatoms. The Morgan fingerprint density at radius 2 is 2.00 bits per heavy atom. The van der Waals surface area contributed by atoms with E-state index in [0.29, 0.717) is 5.69 Å². The maximum absolute atomic E-state index is 12.9. The van der Waals surface area contributed by atoms with Crippen LogP contribution in [0.5, 0.6) is 0 Å². The van der Waals surface area contributed by atoms with Crippen LogP contribution in [-0.2, 0) is 11.2 Å². The summed E-state index contributed by atoms with van der Waals surface area (Å²) < 4.78 is 1.54. The molecule has 0 bridgehead atoms. The van der Waals surface area contributed by atoms with Crippen molar-refractivity contribution >= 4 is 23.4 Å². The molecular weight excluding hydrogens is 322 g/mol. The molecule has 0 fully saturated rings. The van der Waals surface area contributed by atoms with Crippen LogP contribution in [0.15, 0.2) is 54.9 Å². The number of carbonyl (C=O) groups excluding carboxylic acids is 1. The number of hydrogen-bond acceptors (Lipinski definition) is 5. The molecule has 6 nitrogen and oxygen atoms in total. The summed E-state index contributed by atoms with van der Waals surface area (Å²) in [6, 6.07) is 15.6. The van der Waals surface area contributed by atoms with Gasteiger partial charge in [-0.15, -0.1) is 16.9 Å². The Balaban J connectivity index is 1.62. The third-order valence-corrected chi connectivity index (χ3v) is 5.23. The fourth-order valence-corrected chi connectivity index (χ4v) is 4.05. The van der Waals surface area contributed by atoms with Gasteiger partial charge in [0.05, 0.1) is 11.4 Å². The summed E-state index contributed by atoms with van der Waals surface area (Å²) >= 11 is 1.68. The van der Waals surface area contributed by atoms with Crippen LogP contribution in [0.4, 0.5) is 5.69 Å². The van der Waals surface area contributed by atoms with Crippen LogP contribution < -0.4 is 5.32 Å². The predicted molar refractivity (Wildman–Crippen MR) is 93.1 cm³/mol. The highest BCUT2D eigenvalue weighted by atomic mass is 32.2. The van der Waals surface area contributed by atoms with Gasteiger partial charge in [0.15, 0.2) is 0 Å². The van der Waals surface area contributed by atoms with E-state index in [0.717, 1.165) is 23.4 Å². The van der Waals surface area contributed by atoms with Crippen molar-refractivity contribution in [1.82, 2.24) is 20.2 Å². The van der Waals surface area contributed by atoms with Crippen LogP contribution in [0.25, 0.3) is 5.69 Å². The van der Waals surface area contributed by atoms with Crippen LogP contribution in [0.3, 0.4) is 0 Å². The first-order valence-electron chi connectivity index (χ1n) is 7.65. The minimum absolute atomic E-state index is 0.0207. The lowest BCUT2D eigenvalue weighted by Gasteiger charge is -2.24. The van der Waals surface area contributed by atoms with Crippen molar-refractivity contribution < 1.29 is 4.79 Å². The summed E-state index contributed by atoms with van der Waals surface area (Å²) in [4.78, 5) is 12.9. The highest BCUT2D eigenvalue weighted by Gasteiger charge is 2.27. The second-order valence-corrected chi connectivity index (χ2v) is 6.67. The van der Waals surface area contributed by atoms with Gasteiger partial charge in [-0.25, -0.2) is 0 Å². The molecular formula is C17H15N5OS. The molecule has 0 spiro atoms. The number of thioether (sulfide) groups is 1. The van der Waals surface area contributed by atoms with Crippen molar-refractivity contribution in [2.24, 2.45) is 0 Å². The summed E-state index contributed by atoms with van der Waals surface area (Å²) in [7, 11) is 0. The van der Waals surface area contributed by atoms with E-state index in [-0.39, 0.29) is 11.2 Å². The van der Waals surface area contributed by atoms with Gasteiger partial charge in [0.25, 0.3) is 0 Å². The van der Waals surface area contributed by atoms with Gasteiger partial charge in [0.1, 0.15) is 11.6 Å². The fraction of sp³-hybridized carbons (Fsp3) is 0.176. The summed E-state index contributed by atoms with van der Waals surface area (Å²) in [6.07, 6.45) is 2.52. The van der Waals surface area contributed by atoms with E-state index in [1.807, 2.05) is 42.5 Å². The molecule has 0 saturated carbocycles. The molecule has 1 aromatic heterocycles. The van der Waals surface area contributed by atoms with Crippen LogP contribution >= 0.6 is 11.8 Å². The molecule has 4 rings (SSSR count). The number of fused-ring (bicyclic) bond motifs is 1. The van der Waals surface area contributed by atoms with Crippen molar-refractivity contribution in [3.05, 3.63) is 66.0 Å². The van der Waals surface area contributed by atoms with Crippen molar-refractivity contribution in [3.8, 4) is 5.69 Å². The average Bonchev–Trinajstić information content (AvgIpc) is 3.16. The normalized spacial score (nSPS) is 16.4. The standard InChI is InChI=1S/C17H15N5OS/c23-17(16-13-6-2-1-5-12(13)9-10-24-16)19-14-7-3-4-8-15(14)22-11-18-20-21-22/h1-8,11,16H,9-10H2,(H,19,23)/t16-/m0/s1. The van der Waals surface area contributed by atoms with Crippen molar-refractivity contribution in [3.63, 3.8) is 0 Å². The van der Waals surface area contributed by atoms with Gasteiger partial charge < -0.3 is 5.32 Å². The molecule has 1 N–H and O–H groups in total. The Morgan fingerprint density at radius 1 is 1.17 bits per heavy atom. The number of nitrogens with zero attached hydrogens (tertiary/aromatic N) is 4. The summed E-state index contributed by atoms with van der Waals surface area (Å²) in [5.74, 6) is 0.927. The summed E-state index contributed by atoms with van der Waals surface area (Å²) in [5, 5.41) is 14.0.